The number of ether oxygens (including phenoxy) is 1. The molecule has 1 fully saturated rings. The molecule has 1 saturated carbocycles. The first kappa shape index (κ1) is 9.75. The van der Waals surface area contributed by atoms with Crippen molar-refractivity contribution >= 4 is 5.97 Å². The van der Waals surface area contributed by atoms with Gasteiger partial charge in [0.1, 0.15) is 5.60 Å². The average molecular weight is 194 g/mol. The molecule has 3 atom stereocenters. The van der Waals surface area contributed by atoms with Gasteiger partial charge in [0, 0.05) is 12.8 Å². The Morgan fingerprint density at radius 3 is 2.50 bits per heavy atom. The Labute approximate surface area is 85.3 Å². The molecule has 78 valence electrons. The highest BCUT2D eigenvalue weighted by Gasteiger charge is 2.58. The molecule has 0 aromatic heterocycles. The summed E-state index contributed by atoms with van der Waals surface area (Å²) in [4.78, 5) is 11.0. The standard InChI is InChI=1S/C12H18O2/c1-8(13)14-12(4)6-5-9-7-10(12)11(9,2)3/h5-6,9-10H,7H2,1-4H3/t9?,10?,12-/m1/s1. The Hall–Kier alpha value is -0.790. The van der Waals surface area contributed by atoms with E-state index in [0.717, 1.165) is 6.42 Å². The van der Waals surface area contributed by atoms with E-state index in [2.05, 4.69) is 26.0 Å². The van der Waals surface area contributed by atoms with E-state index in [4.69, 9.17) is 4.74 Å². The van der Waals surface area contributed by atoms with Gasteiger partial charge in [-0.3, -0.25) is 4.79 Å². The number of esters is 1. The van der Waals surface area contributed by atoms with Crippen LogP contribution in [-0.2, 0) is 9.53 Å². The Morgan fingerprint density at radius 1 is 1.43 bits per heavy atom. The van der Waals surface area contributed by atoms with Crippen LogP contribution in [0.3, 0.4) is 0 Å². The van der Waals surface area contributed by atoms with Gasteiger partial charge >= 0.3 is 5.97 Å². The van der Waals surface area contributed by atoms with Crippen LogP contribution in [-0.4, -0.2) is 11.6 Å². The van der Waals surface area contributed by atoms with Gasteiger partial charge in [-0.1, -0.05) is 19.9 Å². The van der Waals surface area contributed by atoms with Gasteiger partial charge in [0.25, 0.3) is 0 Å². The normalized spacial score (nSPS) is 42.9. The topological polar surface area (TPSA) is 26.3 Å². The van der Waals surface area contributed by atoms with Crippen LogP contribution in [0.25, 0.3) is 0 Å². The van der Waals surface area contributed by atoms with Crippen molar-refractivity contribution in [3.63, 3.8) is 0 Å². The van der Waals surface area contributed by atoms with Crippen molar-refractivity contribution in [3.8, 4) is 0 Å². The molecule has 0 spiro atoms. The highest BCUT2D eigenvalue weighted by atomic mass is 16.6. The fraction of sp³-hybridized carbons (Fsp3) is 0.750. The van der Waals surface area contributed by atoms with Crippen LogP contribution in [0.4, 0.5) is 0 Å². The second kappa shape index (κ2) is 2.62. The second-order valence-electron chi connectivity index (χ2n) is 5.35. The Kier molecular flexibility index (Phi) is 1.82. The number of carbonyl (C=O) groups excluding carboxylic acids is 1. The van der Waals surface area contributed by atoms with E-state index >= 15 is 0 Å². The maximum Gasteiger partial charge on any atom is 0.303 e. The average Bonchev–Trinajstić information content (AvgIpc) is 2.00. The molecule has 0 aromatic carbocycles. The monoisotopic (exact) mass is 194 g/mol. The van der Waals surface area contributed by atoms with E-state index in [0.29, 0.717) is 17.3 Å². The van der Waals surface area contributed by atoms with Crippen LogP contribution in [0.2, 0.25) is 0 Å². The lowest BCUT2D eigenvalue weighted by Gasteiger charge is -2.60. The van der Waals surface area contributed by atoms with Gasteiger partial charge in [-0.25, -0.2) is 0 Å². The zero-order valence-corrected chi connectivity index (χ0v) is 9.33. The molecule has 0 N–H and O–H groups in total. The first-order valence-corrected chi connectivity index (χ1v) is 5.25. The largest absolute Gasteiger partial charge is 0.455 e. The Bertz CT molecular complexity index is 303. The molecule has 3 aliphatic rings. The van der Waals surface area contributed by atoms with Gasteiger partial charge in [0.05, 0.1) is 0 Å². The maximum absolute atomic E-state index is 11.0. The summed E-state index contributed by atoms with van der Waals surface area (Å²) in [6, 6.07) is 0. The van der Waals surface area contributed by atoms with E-state index in [1.54, 1.807) is 0 Å². The van der Waals surface area contributed by atoms with Crippen LogP contribution in [0.1, 0.15) is 34.1 Å². The summed E-state index contributed by atoms with van der Waals surface area (Å²) in [6.07, 6.45) is 5.44. The van der Waals surface area contributed by atoms with Gasteiger partial charge in [-0.15, -0.1) is 0 Å². The molecule has 0 heterocycles. The van der Waals surface area contributed by atoms with Gasteiger partial charge < -0.3 is 4.74 Å². The predicted octanol–water partition coefficient (Wildman–Crippen LogP) is 2.54. The molecule has 2 heteroatoms. The number of fused-ring (bicyclic) bond motifs is 1. The minimum Gasteiger partial charge on any atom is -0.455 e. The van der Waals surface area contributed by atoms with Crippen molar-refractivity contribution in [3.05, 3.63) is 12.2 Å². The van der Waals surface area contributed by atoms with Crippen LogP contribution < -0.4 is 0 Å². The third kappa shape index (κ3) is 1.13. The van der Waals surface area contributed by atoms with E-state index < -0.39 is 0 Å². The Morgan fingerprint density at radius 2 is 2.07 bits per heavy atom. The van der Waals surface area contributed by atoms with E-state index in [1.165, 1.54) is 6.92 Å². The van der Waals surface area contributed by atoms with E-state index in [9.17, 15) is 4.79 Å². The molecule has 2 nitrogen and oxygen atoms in total. The number of hydrogen-bond acceptors (Lipinski definition) is 2. The summed E-state index contributed by atoms with van der Waals surface area (Å²) >= 11 is 0. The molecule has 0 amide bonds. The lowest BCUT2D eigenvalue weighted by atomic mass is 9.47. The highest BCUT2D eigenvalue weighted by molar-refractivity contribution is 5.67. The fourth-order valence-corrected chi connectivity index (χ4v) is 3.10. The van der Waals surface area contributed by atoms with Crippen LogP contribution in [0.15, 0.2) is 12.2 Å². The summed E-state index contributed by atoms with van der Waals surface area (Å²) in [7, 11) is 0. The lowest BCUT2D eigenvalue weighted by molar-refractivity contribution is -0.178. The number of rotatable bonds is 1. The molecule has 3 rings (SSSR count). The summed E-state index contributed by atoms with van der Waals surface area (Å²) in [5.74, 6) is 0.975. The first-order valence-electron chi connectivity index (χ1n) is 5.25. The molecule has 2 unspecified atom stereocenters. The van der Waals surface area contributed by atoms with Crippen molar-refractivity contribution in [1.82, 2.24) is 0 Å². The summed E-state index contributed by atoms with van der Waals surface area (Å²) < 4.78 is 5.44. The fourth-order valence-electron chi connectivity index (χ4n) is 3.10. The third-order valence-corrected chi connectivity index (χ3v) is 4.06. The number of carbonyl (C=O) groups is 1. The zero-order valence-electron chi connectivity index (χ0n) is 9.33. The smallest absolute Gasteiger partial charge is 0.303 e. The zero-order chi connectivity index (χ0) is 10.6. The number of hydrogen-bond donors (Lipinski definition) is 0. The molecule has 3 aliphatic carbocycles. The summed E-state index contributed by atoms with van der Waals surface area (Å²) in [5, 5.41) is 0. The SMILES string of the molecule is CC(=O)O[C@]1(C)C=CC2CC1C2(C)C. The van der Waals surface area contributed by atoms with Crippen molar-refractivity contribution in [2.24, 2.45) is 17.3 Å². The second-order valence-corrected chi connectivity index (χ2v) is 5.35. The van der Waals surface area contributed by atoms with Crippen molar-refractivity contribution < 1.29 is 9.53 Å². The van der Waals surface area contributed by atoms with Gasteiger partial charge in [0.2, 0.25) is 0 Å². The van der Waals surface area contributed by atoms with Gasteiger partial charge in [-0.2, -0.15) is 0 Å². The van der Waals surface area contributed by atoms with Crippen LogP contribution >= 0.6 is 0 Å². The number of allylic oxidation sites excluding steroid dienone is 1. The maximum atomic E-state index is 11.0. The van der Waals surface area contributed by atoms with Gasteiger partial charge in [-0.05, 0) is 30.8 Å². The molecular weight excluding hydrogens is 176 g/mol. The first-order chi connectivity index (χ1) is 6.36. The quantitative estimate of drug-likeness (QED) is 0.473. The summed E-state index contributed by atoms with van der Waals surface area (Å²) in [6.45, 7) is 8.03. The molecule has 14 heavy (non-hydrogen) atoms. The lowest BCUT2D eigenvalue weighted by Crippen LogP contribution is -2.58. The van der Waals surface area contributed by atoms with Crippen LogP contribution in [0.5, 0.6) is 0 Å². The molecule has 0 radical (unpaired) electrons. The summed E-state index contributed by atoms with van der Waals surface area (Å²) in [5.41, 5.74) is -0.0803. The molecule has 0 aliphatic heterocycles. The molecule has 0 aromatic rings. The van der Waals surface area contributed by atoms with E-state index in [1.807, 2.05) is 6.92 Å². The molecule has 2 bridgehead atoms. The molecule has 0 saturated heterocycles. The highest BCUT2D eigenvalue weighted by Crippen LogP contribution is 2.60. The van der Waals surface area contributed by atoms with Gasteiger partial charge in [0.15, 0.2) is 0 Å². The van der Waals surface area contributed by atoms with Crippen molar-refractivity contribution in [2.75, 3.05) is 0 Å². The predicted molar refractivity (Wildman–Crippen MR) is 54.7 cm³/mol. The minimum atomic E-state index is -0.371. The van der Waals surface area contributed by atoms with Crippen LogP contribution in [0, 0.1) is 17.3 Å². The van der Waals surface area contributed by atoms with Crippen molar-refractivity contribution in [2.45, 2.75) is 39.7 Å². The molecular formula is C12H18O2. The Balaban J connectivity index is 2.26. The third-order valence-electron chi connectivity index (χ3n) is 4.06. The van der Waals surface area contributed by atoms with E-state index in [-0.39, 0.29) is 11.6 Å². The minimum absolute atomic E-state index is 0.182. The van der Waals surface area contributed by atoms with Crippen molar-refractivity contribution in [1.29, 1.82) is 0 Å².